The average molecular weight is 481 g/mol. The Balaban J connectivity index is 1.75. The van der Waals surface area contributed by atoms with Gasteiger partial charge in [-0.05, 0) is 36.5 Å². The van der Waals surface area contributed by atoms with Gasteiger partial charge in [0.05, 0.1) is 11.4 Å². The van der Waals surface area contributed by atoms with E-state index in [1.807, 2.05) is 13.8 Å². The van der Waals surface area contributed by atoms with Crippen molar-refractivity contribution in [3.63, 3.8) is 0 Å². The summed E-state index contributed by atoms with van der Waals surface area (Å²) in [6.45, 7) is 4.03. The van der Waals surface area contributed by atoms with Crippen LogP contribution in [0, 0.1) is 17.7 Å². The lowest BCUT2D eigenvalue weighted by atomic mass is 9.74. The summed E-state index contributed by atoms with van der Waals surface area (Å²) in [4.78, 5) is 29.5. The lowest BCUT2D eigenvalue weighted by Crippen LogP contribution is -2.56. The number of pyridine rings is 1. The summed E-state index contributed by atoms with van der Waals surface area (Å²) in [5, 5.41) is 13.5. The van der Waals surface area contributed by atoms with Crippen LogP contribution in [0.25, 0.3) is 10.9 Å². The highest BCUT2D eigenvalue weighted by Crippen LogP contribution is 2.47. The maximum atomic E-state index is 15.7. The number of benzene rings is 1. The molecule has 2 aromatic rings. The summed E-state index contributed by atoms with van der Waals surface area (Å²) >= 11 is 0. The molecule has 184 valence electrons. The number of fused-ring (bicyclic) bond motifs is 1. The molecule has 1 aromatic carbocycles. The van der Waals surface area contributed by atoms with Crippen molar-refractivity contribution in [2.24, 2.45) is 11.8 Å². The van der Waals surface area contributed by atoms with E-state index in [2.05, 4.69) is 10.3 Å². The number of nitrogens with zero attached hydrogens (tertiary/aromatic N) is 2. The van der Waals surface area contributed by atoms with E-state index in [4.69, 9.17) is 0 Å². The number of alkyl halides is 3. The van der Waals surface area contributed by atoms with Crippen molar-refractivity contribution in [3.8, 4) is 0 Å². The number of aromatic nitrogens is 1. The average Bonchev–Trinajstić information content (AvgIpc) is 2.74. The molecule has 10 heteroatoms. The predicted octanol–water partition coefficient (Wildman–Crippen LogP) is 3.62. The lowest BCUT2D eigenvalue weighted by Gasteiger charge is -2.46. The number of hydrogen-bond acceptors (Lipinski definition) is 5. The Labute approximate surface area is 194 Å². The molecule has 2 aliphatic heterocycles. The minimum Gasteiger partial charge on any atom is -0.384 e. The molecule has 34 heavy (non-hydrogen) atoms. The fourth-order valence-corrected chi connectivity index (χ4v) is 5.10. The molecular formula is C24H27F4N3O3. The molecule has 6 nitrogen and oxygen atoms in total. The first-order chi connectivity index (χ1) is 15.9. The Morgan fingerprint density at radius 3 is 2.68 bits per heavy atom. The zero-order valence-corrected chi connectivity index (χ0v) is 19.0. The summed E-state index contributed by atoms with van der Waals surface area (Å²) in [5.74, 6) is -4.63. The molecule has 0 radical (unpaired) electrons. The number of likely N-dealkylation sites (tertiary alicyclic amines) is 1. The third-order valence-electron chi connectivity index (χ3n) is 6.77. The van der Waals surface area contributed by atoms with Gasteiger partial charge in [-0.15, -0.1) is 0 Å². The van der Waals surface area contributed by atoms with E-state index in [0.717, 1.165) is 0 Å². The van der Waals surface area contributed by atoms with E-state index in [9.17, 15) is 27.9 Å². The number of carbonyl (C=O) groups excluding carboxylic acids is 2. The van der Waals surface area contributed by atoms with Crippen LogP contribution >= 0.6 is 0 Å². The van der Waals surface area contributed by atoms with Crippen molar-refractivity contribution in [2.75, 3.05) is 19.6 Å². The van der Waals surface area contributed by atoms with Gasteiger partial charge in [-0.2, -0.15) is 13.2 Å². The molecule has 3 unspecified atom stereocenters. The van der Waals surface area contributed by atoms with Crippen LogP contribution in [0.3, 0.4) is 0 Å². The topological polar surface area (TPSA) is 82.5 Å². The third kappa shape index (κ3) is 4.53. The minimum absolute atomic E-state index is 0.0707. The number of hydrogen-bond donors (Lipinski definition) is 2. The van der Waals surface area contributed by atoms with Crippen LogP contribution in [0.4, 0.5) is 17.6 Å². The smallest absolute Gasteiger partial charge is 0.384 e. The van der Waals surface area contributed by atoms with Gasteiger partial charge in [-0.25, -0.2) is 4.39 Å². The highest BCUT2D eigenvalue weighted by Gasteiger charge is 2.57. The van der Waals surface area contributed by atoms with Gasteiger partial charge in [0.1, 0.15) is 17.3 Å². The first kappa shape index (κ1) is 24.5. The Morgan fingerprint density at radius 1 is 1.29 bits per heavy atom. The van der Waals surface area contributed by atoms with Crippen LogP contribution in [-0.2, 0) is 15.2 Å². The molecule has 2 fully saturated rings. The van der Waals surface area contributed by atoms with Crippen LogP contribution in [0.1, 0.15) is 50.2 Å². The molecule has 0 aliphatic carbocycles. The summed E-state index contributed by atoms with van der Waals surface area (Å²) in [5.41, 5.74) is -2.30. The maximum Gasteiger partial charge on any atom is 0.396 e. The Kier molecular flexibility index (Phi) is 6.41. The second kappa shape index (κ2) is 8.88. The van der Waals surface area contributed by atoms with Crippen molar-refractivity contribution in [3.05, 3.63) is 41.3 Å². The number of imide groups is 1. The third-order valence-corrected chi connectivity index (χ3v) is 6.77. The second-order valence-corrected chi connectivity index (χ2v) is 9.69. The molecule has 0 spiro atoms. The zero-order chi connectivity index (χ0) is 24.8. The summed E-state index contributed by atoms with van der Waals surface area (Å²) < 4.78 is 57.9. The molecule has 0 bridgehead atoms. The summed E-state index contributed by atoms with van der Waals surface area (Å²) in [6, 6.07) is 3.93. The van der Waals surface area contributed by atoms with E-state index in [-0.39, 0.29) is 42.6 Å². The van der Waals surface area contributed by atoms with Gasteiger partial charge in [0, 0.05) is 43.2 Å². The molecule has 2 N–H and O–H groups in total. The molecule has 4 rings (SSSR count). The number of halogens is 4. The van der Waals surface area contributed by atoms with Gasteiger partial charge in [0.2, 0.25) is 11.8 Å². The molecule has 2 saturated heterocycles. The number of nitrogens with one attached hydrogen (secondary N) is 1. The van der Waals surface area contributed by atoms with Crippen molar-refractivity contribution in [2.45, 2.75) is 50.8 Å². The Bertz CT molecular complexity index is 1120. The molecule has 3 heterocycles. The van der Waals surface area contributed by atoms with Crippen LogP contribution in [0.5, 0.6) is 0 Å². The van der Waals surface area contributed by atoms with Gasteiger partial charge in [0.15, 0.2) is 0 Å². The molecule has 2 aliphatic rings. The normalized spacial score (nSPS) is 26.8. The highest BCUT2D eigenvalue weighted by atomic mass is 19.4. The van der Waals surface area contributed by atoms with Gasteiger partial charge < -0.3 is 10.0 Å². The monoisotopic (exact) mass is 481 g/mol. The van der Waals surface area contributed by atoms with Crippen molar-refractivity contribution >= 4 is 22.7 Å². The van der Waals surface area contributed by atoms with Crippen LogP contribution in [-0.4, -0.2) is 52.6 Å². The van der Waals surface area contributed by atoms with Gasteiger partial charge in [-0.1, -0.05) is 19.9 Å². The van der Waals surface area contributed by atoms with Gasteiger partial charge in [0.25, 0.3) is 0 Å². The molecule has 0 saturated carbocycles. The highest BCUT2D eigenvalue weighted by molar-refractivity contribution is 6.01. The number of aliphatic hydroxyl groups is 1. The summed E-state index contributed by atoms with van der Waals surface area (Å²) in [7, 11) is 0. The van der Waals surface area contributed by atoms with Crippen molar-refractivity contribution in [1.82, 2.24) is 15.2 Å². The number of amides is 2. The van der Waals surface area contributed by atoms with Gasteiger partial charge >= 0.3 is 6.18 Å². The molecule has 1 aromatic heterocycles. The van der Waals surface area contributed by atoms with E-state index >= 15 is 4.39 Å². The predicted molar refractivity (Wildman–Crippen MR) is 116 cm³/mol. The first-order valence-electron chi connectivity index (χ1n) is 11.3. The number of carbonyl (C=O) groups is 2. The molecule has 3 atom stereocenters. The zero-order valence-electron chi connectivity index (χ0n) is 19.0. The maximum absolute atomic E-state index is 15.7. The number of rotatable bonds is 4. The van der Waals surface area contributed by atoms with Crippen LogP contribution < -0.4 is 5.32 Å². The standard InChI is InChI=1S/C24H27F4N3O3/c1-13(2)11-31-8-7-23(34,19(12-31)24(26,27)28)17-4-5-18-16(21(17)25)9-14(10-29-18)15-3-6-20(32)30-22(15)33/h4-5,9-10,13,15,19,34H,3,6-8,11-12H2,1-2H3,(H,30,32,33). The Morgan fingerprint density at radius 2 is 2.03 bits per heavy atom. The Hall–Kier alpha value is -2.59. The van der Waals surface area contributed by atoms with Crippen molar-refractivity contribution in [1.29, 1.82) is 0 Å². The summed E-state index contributed by atoms with van der Waals surface area (Å²) in [6.07, 6.45) is -3.26. The van der Waals surface area contributed by atoms with Crippen LogP contribution in [0.2, 0.25) is 0 Å². The lowest BCUT2D eigenvalue weighted by molar-refractivity contribution is -0.248. The van der Waals surface area contributed by atoms with Gasteiger partial charge in [-0.3, -0.25) is 19.9 Å². The second-order valence-electron chi connectivity index (χ2n) is 9.69. The quantitative estimate of drug-likeness (QED) is 0.515. The first-order valence-corrected chi connectivity index (χ1v) is 11.3. The van der Waals surface area contributed by atoms with Crippen LogP contribution in [0.15, 0.2) is 24.4 Å². The van der Waals surface area contributed by atoms with E-state index in [0.29, 0.717) is 12.1 Å². The number of piperidine rings is 2. The fraction of sp³-hybridized carbons (Fsp3) is 0.542. The molecule has 2 amide bonds. The van der Waals surface area contributed by atoms with E-state index in [1.54, 1.807) is 4.90 Å². The van der Waals surface area contributed by atoms with E-state index < -0.39 is 53.4 Å². The SMILES string of the molecule is CC(C)CN1CCC(O)(c2ccc3ncc(C4CCC(=O)NC4=O)cc3c2F)C(C(F)(F)F)C1. The van der Waals surface area contributed by atoms with E-state index in [1.165, 1.54) is 24.4 Å². The van der Waals surface area contributed by atoms with Crippen molar-refractivity contribution < 1.29 is 32.3 Å². The fourth-order valence-electron chi connectivity index (χ4n) is 5.10. The largest absolute Gasteiger partial charge is 0.396 e. The molecular weight excluding hydrogens is 454 g/mol. The minimum atomic E-state index is -4.74.